The van der Waals surface area contributed by atoms with Crippen LogP contribution in [-0.4, -0.2) is 10.2 Å². The van der Waals surface area contributed by atoms with Crippen molar-refractivity contribution in [3.63, 3.8) is 0 Å². The monoisotopic (exact) mass is 253 g/mol. The Balaban J connectivity index is 1.99. The quantitative estimate of drug-likeness (QED) is 0.903. The van der Waals surface area contributed by atoms with Crippen molar-refractivity contribution in [2.45, 2.75) is 20.1 Å². The molecule has 1 heterocycles. The highest BCUT2D eigenvalue weighted by Crippen LogP contribution is 2.21. The van der Waals surface area contributed by atoms with Gasteiger partial charge in [0, 0.05) is 5.02 Å². The molecule has 2 aromatic rings. The van der Waals surface area contributed by atoms with Crippen LogP contribution in [0.15, 0.2) is 22.6 Å². The van der Waals surface area contributed by atoms with Crippen LogP contribution in [0.4, 0.5) is 0 Å². The molecule has 0 atom stereocenters. The van der Waals surface area contributed by atoms with Gasteiger partial charge in [0.15, 0.2) is 6.61 Å². The molecule has 0 amide bonds. The molecule has 0 unspecified atom stereocenters. The van der Waals surface area contributed by atoms with Gasteiger partial charge < -0.3 is 14.9 Å². The molecular formula is C11H12ClN3O2. The number of benzene rings is 1. The Kier molecular flexibility index (Phi) is 3.61. The highest BCUT2D eigenvalue weighted by molar-refractivity contribution is 6.31. The van der Waals surface area contributed by atoms with Gasteiger partial charge in [0.1, 0.15) is 5.75 Å². The summed E-state index contributed by atoms with van der Waals surface area (Å²) in [7, 11) is 0. The third-order valence-electron chi connectivity index (χ3n) is 2.18. The molecule has 0 aliphatic carbocycles. The lowest BCUT2D eigenvalue weighted by Crippen LogP contribution is -1.96. The van der Waals surface area contributed by atoms with Crippen LogP contribution < -0.4 is 10.5 Å². The number of rotatable bonds is 4. The highest BCUT2D eigenvalue weighted by atomic mass is 35.5. The number of aromatic nitrogens is 2. The van der Waals surface area contributed by atoms with Crippen LogP contribution in [0, 0.1) is 6.92 Å². The molecule has 17 heavy (non-hydrogen) atoms. The van der Waals surface area contributed by atoms with Crippen molar-refractivity contribution in [1.82, 2.24) is 10.2 Å². The molecule has 1 aromatic heterocycles. The van der Waals surface area contributed by atoms with Gasteiger partial charge in [-0.05, 0) is 30.7 Å². The zero-order valence-electron chi connectivity index (χ0n) is 9.31. The van der Waals surface area contributed by atoms with E-state index in [1.807, 2.05) is 13.0 Å². The highest BCUT2D eigenvalue weighted by Gasteiger charge is 2.05. The van der Waals surface area contributed by atoms with E-state index in [4.69, 9.17) is 26.5 Å². The van der Waals surface area contributed by atoms with E-state index in [2.05, 4.69) is 10.2 Å². The number of aryl methyl sites for hydroxylation is 1. The molecule has 0 saturated heterocycles. The van der Waals surface area contributed by atoms with Crippen molar-refractivity contribution in [2.24, 2.45) is 5.73 Å². The van der Waals surface area contributed by atoms with E-state index < -0.39 is 0 Å². The second-order valence-electron chi connectivity index (χ2n) is 3.49. The lowest BCUT2D eigenvalue weighted by atomic mass is 10.2. The maximum atomic E-state index is 5.91. The number of halogens is 1. The van der Waals surface area contributed by atoms with Crippen molar-refractivity contribution in [3.05, 3.63) is 40.6 Å². The van der Waals surface area contributed by atoms with Gasteiger partial charge in [0.25, 0.3) is 5.89 Å². The topological polar surface area (TPSA) is 74.2 Å². The lowest BCUT2D eigenvalue weighted by Gasteiger charge is -2.05. The fourth-order valence-corrected chi connectivity index (χ4v) is 1.40. The average molecular weight is 254 g/mol. The average Bonchev–Trinajstić information content (AvgIpc) is 2.79. The maximum absolute atomic E-state index is 5.91. The molecular weight excluding hydrogens is 242 g/mol. The Hall–Kier alpha value is -1.59. The predicted octanol–water partition coefficient (Wildman–Crippen LogP) is 2.07. The Labute approximate surface area is 104 Å². The van der Waals surface area contributed by atoms with Crippen LogP contribution in [0.1, 0.15) is 17.3 Å². The minimum absolute atomic E-state index is 0.216. The molecule has 0 radical (unpaired) electrons. The molecule has 1 aromatic carbocycles. The van der Waals surface area contributed by atoms with E-state index in [-0.39, 0.29) is 13.2 Å². The zero-order valence-corrected chi connectivity index (χ0v) is 10.1. The Bertz CT molecular complexity index is 513. The number of hydrogen-bond donors (Lipinski definition) is 1. The smallest absolute Gasteiger partial charge is 0.253 e. The summed E-state index contributed by atoms with van der Waals surface area (Å²) in [5, 5.41) is 8.24. The molecule has 0 aliphatic heterocycles. The summed E-state index contributed by atoms with van der Waals surface area (Å²) in [6, 6.07) is 5.42. The second kappa shape index (κ2) is 5.16. The van der Waals surface area contributed by atoms with Crippen molar-refractivity contribution in [2.75, 3.05) is 0 Å². The van der Waals surface area contributed by atoms with Gasteiger partial charge in [-0.2, -0.15) is 0 Å². The molecule has 2 N–H and O–H groups in total. The van der Waals surface area contributed by atoms with E-state index in [1.165, 1.54) is 0 Å². The Morgan fingerprint density at radius 3 is 2.76 bits per heavy atom. The molecule has 2 rings (SSSR count). The first-order valence-corrected chi connectivity index (χ1v) is 5.47. The SMILES string of the molecule is Cc1cc(OCc2nnc(CN)o2)ccc1Cl. The van der Waals surface area contributed by atoms with Gasteiger partial charge in [-0.1, -0.05) is 11.6 Å². The minimum Gasteiger partial charge on any atom is -0.484 e. The van der Waals surface area contributed by atoms with Gasteiger partial charge in [0.2, 0.25) is 5.89 Å². The molecule has 0 aliphatic rings. The molecule has 0 bridgehead atoms. The van der Waals surface area contributed by atoms with E-state index >= 15 is 0 Å². The van der Waals surface area contributed by atoms with Crippen molar-refractivity contribution < 1.29 is 9.15 Å². The number of nitrogens with two attached hydrogens (primary N) is 1. The molecule has 0 spiro atoms. The van der Waals surface area contributed by atoms with E-state index in [9.17, 15) is 0 Å². The molecule has 0 fully saturated rings. The molecule has 90 valence electrons. The third-order valence-corrected chi connectivity index (χ3v) is 2.60. The fourth-order valence-electron chi connectivity index (χ4n) is 1.28. The van der Waals surface area contributed by atoms with E-state index in [0.717, 1.165) is 5.56 Å². The maximum Gasteiger partial charge on any atom is 0.253 e. The van der Waals surface area contributed by atoms with Crippen molar-refractivity contribution >= 4 is 11.6 Å². The van der Waals surface area contributed by atoms with Crippen LogP contribution in [0.5, 0.6) is 5.75 Å². The summed E-state index contributed by atoms with van der Waals surface area (Å²) in [6.07, 6.45) is 0. The largest absolute Gasteiger partial charge is 0.484 e. The standard InChI is InChI=1S/C11H12ClN3O2/c1-7-4-8(2-3-9(7)12)16-6-11-15-14-10(5-13)17-11/h2-4H,5-6,13H2,1H3. The van der Waals surface area contributed by atoms with Crippen LogP contribution in [-0.2, 0) is 13.2 Å². The van der Waals surface area contributed by atoms with Crippen LogP contribution in [0.2, 0.25) is 5.02 Å². The Morgan fingerprint density at radius 1 is 1.35 bits per heavy atom. The first-order chi connectivity index (χ1) is 8.19. The normalized spacial score (nSPS) is 10.5. The summed E-state index contributed by atoms with van der Waals surface area (Å²) < 4.78 is 10.7. The van der Waals surface area contributed by atoms with Crippen LogP contribution in [0.3, 0.4) is 0 Å². The van der Waals surface area contributed by atoms with Gasteiger partial charge >= 0.3 is 0 Å². The predicted molar refractivity (Wildman–Crippen MR) is 62.7 cm³/mol. The third kappa shape index (κ3) is 2.95. The summed E-state index contributed by atoms with van der Waals surface area (Å²) in [5.74, 6) is 1.51. The lowest BCUT2D eigenvalue weighted by molar-refractivity contribution is 0.259. The first-order valence-electron chi connectivity index (χ1n) is 5.09. The van der Waals surface area contributed by atoms with E-state index in [0.29, 0.717) is 22.6 Å². The molecule has 6 heteroatoms. The second-order valence-corrected chi connectivity index (χ2v) is 3.90. The number of hydrogen-bond acceptors (Lipinski definition) is 5. The van der Waals surface area contributed by atoms with Crippen LogP contribution >= 0.6 is 11.6 Å². The van der Waals surface area contributed by atoms with Crippen molar-refractivity contribution in [1.29, 1.82) is 0 Å². The van der Waals surface area contributed by atoms with Gasteiger partial charge in [-0.15, -0.1) is 10.2 Å². The van der Waals surface area contributed by atoms with E-state index in [1.54, 1.807) is 12.1 Å². The van der Waals surface area contributed by atoms with Crippen molar-refractivity contribution in [3.8, 4) is 5.75 Å². The molecule has 5 nitrogen and oxygen atoms in total. The number of nitrogens with zero attached hydrogens (tertiary/aromatic N) is 2. The zero-order chi connectivity index (χ0) is 12.3. The van der Waals surface area contributed by atoms with Gasteiger partial charge in [-0.3, -0.25) is 0 Å². The van der Waals surface area contributed by atoms with Gasteiger partial charge in [0.05, 0.1) is 6.54 Å². The van der Waals surface area contributed by atoms with Crippen LogP contribution in [0.25, 0.3) is 0 Å². The summed E-state index contributed by atoms with van der Waals surface area (Å²) in [5.41, 5.74) is 6.31. The first kappa shape index (κ1) is 11.9. The summed E-state index contributed by atoms with van der Waals surface area (Å²) in [4.78, 5) is 0. The molecule has 0 saturated carbocycles. The Morgan fingerprint density at radius 2 is 2.12 bits per heavy atom. The fraction of sp³-hybridized carbons (Fsp3) is 0.273. The summed E-state index contributed by atoms with van der Waals surface area (Å²) >= 11 is 5.91. The number of ether oxygens (including phenoxy) is 1. The minimum atomic E-state index is 0.216. The summed E-state index contributed by atoms with van der Waals surface area (Å²) in [6.45, 7) is 2.36. The van der Waals surface area contributed by atoms with Gasteiger partial charge in [-0.25, -0.2) is 0 Å².